The standard InChI is InChI=1S/C8H12N4OS/c1-9-7(13)5-12-8-10-3-6(14-2)4-11-8/h3-4H,5H2,1-2H3,(H,9,13)(H,10,11,12). The number of likely N-dealkylation sites (N-methyl/N-ethyl adjacent to an activating group) is 1. The molecule has 1 aromatic heterocycles. The molecule has 0 atom stereocenters. The van der Waals surface area contributed by atoms with E-state index in [2.05, 4.69) is 20.6 Å². The summed E-state index contributed by atoms with van der Waals surface area (Å²) in [5, 5.41) is 5.30. The van der Waals surface area contributed by atoms with Crippen LogP contribution >= 0.6 is 11.8 Å². The van der Waals surface area contributed by atoms with Crippen LogP contribution in [0.15, 0.2) is 17.3 Å². The van der Waals surface area contributed by atoms with E-state index in [0.717, 1.165) is 4.90 Å². The lowest BCUT2D eigenvalue weighted by atomic mass is 10.6. The fourth-order valence-electron chi connectivity index (χ4n) is 0.761. The fourth-order valence-corrected chi connectivity index (χ4v) is 1.08. The number of carbonyl (C=O) groups excluding carboxylic acids is 1. The van der Waals surface area contributed by atoms with Gasteiger partial charge in [-0.2, -0.15) is 0 Å². The van der Waals surface area contributed by atoms with Crippen LogP contribution < -0.4 is 10.6 Å². The van der Waals surface area contributed by atoms with Gasteiger partial charge in [0.2, 0.25) is 11.9 Å². The van der Waals surface area contributed by atoms with Crippen LogP contribution in [0.1, 0.15) is 0 Å². The van der Waals surface area contributed by atoms with Crippen molar-refractivity contribution in [2.24, 2.45) is 0 Å². The Morgan fingerprint density at radius 1 is 1.50 bits per heavy atom. The predicted molar refractivity (Wildman–Crippen MR) is 56.4 cm³/mol. The molecule has 6 heteroatoms. The molecule has 0 aliphatic rings. The zero-order valence-electron chi connectivity index (χ0n) is 8.07. The Morgan fingerprint density at radius 3 is 2.64 bits per heavy atom. The van der Waals surface area contributed by atoms with Gasteiger partial charge in [-0.3, -0.25) is 4.79 Å². The molecule has 1 heterocycles. The first-order chi connectivity index (χ1) is 6.76. The number of hydrogen-bond donors (Lipinski definition) is 2. The van der Waals surface area contributed by atoms with E-state index in [1.165, 1.54) is 0 Å². The molecule has 0 aromatic carbocycles. The highest BCUT2D eigenvalue weighted by molar-refractivity contribution is 7.98. The minimum atomic E-state index is -0.0949. The van der Waals surface area contributed by atoms with Gasteiger partial charge >= 0.3 is 0 Å². The number of aromatic nitrogens is 2. The highest BCUT2D eigenvalue weighted by atomic mass is 32.2. The second kappa shape index (κ2) is 5.43. The molecule has 14 heavy (non-hydrogen) atoms. The highest BCUT2D eigenvalue weighted by Gasteiger charge is 1.99. The van der Waals surface area contributed by atoms with Crippen molar-refractivity contribution in [1.82, 2.24) is 15.3 Å². The topological polar surface area (TPSA) is 66.9 Å². The van der Waals surface area contributed by atoms with Gasteiger partial charge in [-0.05, 0) is 6.26 Å². The van der Waals surface area contributed by atoms with Gasteiger partial charge in [-0.15, -0.1) is 11.8 Å². The van der Waals surface area contributed by atoms with Crippen molar-refractivity contribution in [2.75, 3.05) is 25.2 Å². The summed E-state index contributed by atoms with van der Waals surface area (Å²) in [5.74, 6) is 0.369. The van der Waals surface area contributed by atoms with Crippen molar-refractivity contribution >= 4 is 23.6 Å². The molecule has 1 aromatic rings. The first kappa shape index (κ1) is 10.8. The van der Waals surface area contributed by atoms with Crippen molar-refractivity contribution in [1.29, 1.82) is 0 Å². The molecule has 0 spiro atoms. The molecule has 5 nitrogen and oxygen atoms in total. The maximum absolute atomic E-state index is 10.9. The molecule has 0 fully saturated rings. The third-order valence-electron chi connectivity index (χ3n) is 1.55. The Bertz CT molecular complexity index is 301. The van der Waals surface area contributed by atoms with Crippen molar-refractivity contribution in [3.05, 3.63) is 12.4 Å². The van der Waals surface area contributed by atoms with Crippen LogP contribution in [0.4, 0.5) is 5.95 Å². The SMILES string of the molecule is CNC(=O)CNc1ncc(SC)cn1. The van der Waals surface area contributed by atoms with E-state index in [1.807, 2.05) is 6.26 Å². The van der Waals surface area contributed by atoms with E-state index in [0.29, 0.717) is 5.95 Å². The van der Waals surface area contributed by atoms with Gasteiger partial charge in [0.15, 0.2) is 0 Å². The van der Waals surface area contributed by atoms with E-state index in [9.17, 15) is 4.79 Å². The lowest BCUT2D eigenvalue weighted by Gasteiger charge is -2.03. The molecule has 0 bridgehead atoms. The van der Waals surface area contributed by atoms with Crippen molar-refractivity contribution in [3.63, 3.8) is 0 Å². The van der Waals surface area contributed by atoms with E-state index >= 15 is 0 Å². The quantitative estimate of drug-likeness (QED) is 0.705. The van der Waals surface area contributed by atoms with Crippen LogP contribution in [-0.4, -0.2) is 35.7 Å². The Labute approximate surface area is 86.7 Å². The number of anilines is 1. The summed E-state index contributed by atoms with van der Waals surface area (Å²) >= 11 is 1.57. The molecule has 0 aliphatic carbocycles. The molecule has 0 saturated carbocycles. The normalized spacial score (nSPS) is 9.57. The zero-order valence-corrected chi connectivity index (χ0v) is 8.89. The van der Waals surface area contributed by atoms with Crippen molar-refractivity contribution in [2.45, 2.75) is 4.90 Å². The Kier molecular flexibility index (Phi) is 4.18. The minimum absolute atomic E-state index is 0.0949. The number of rotatable bonds is 4. The van der Waals surface area contributed by atoms with Gasteiger partial charge < -0.3 is 10.6 Å². The van der Waals surface area contributed by atoms with Crippen LogP contribution in [0.2, 0.25) is 0 Å². The number of nitrogens with one attached hydrogen (secondary N) is 2. The summed E-state index contributed by atoms with van der Waals surface area (Å²) in [4.78, 5) is 19.9. The van der Waals surface area contributed by atoms with E-state index in [1.54, 1.807) is 31.2 Å². The van der Waals surface area contributed by atoms with Crippen LogP contribution in [0.5, 0.6) is 0 Å². The third kappa shape index (κ3) is 3.21. The monoisotopic (exact) mass is 212 g/mol. The molecular formula is C8H12N4OS. The summed E-state index contributed by atoms with van der Waals surface area (Å²) in [6.07, 6.45) is 5.38. The summed E-state index contributed by atoms with van der Waals surface area (Å²) in [7, 11) is 1.59. The summed E-state index contributed by atoms with van der Waals surface area (Å²) in [6, 6.07) is 0. The molecule has 1 amide bonds. The molecule has 0 radical (unpaired) electrons. The number of thioether (sulfide) groups is 1. The molecule has 76 valence electrons. The maximum atomic E-state index is 10.9. The van der Waals surface area contributed by atoms with E-state index < -0.39 is 0 Å². The Hall–Kier alpha value is -1.30. The van der Waals surface area contributed by atoms with Gasteiger partial charge in [0.25, 0.3) is 0 Å². The average molecular weight is 212 g/mol. The summed E-state index contributed by atoms with van der Waals surface area (Å²) in [6.45, 7) is 0.190. The molecule has 2 N–H and O–H groups in total. The van der Waals surface area contributed by atoms with Gasteiger partial charge in [-0.1, -0.05) is 0 Å². The number of hydrogen-bond acceptors (Lipinski definition) is 5. The van der Waals surface area contributed by atoms with Crippen molar-refractivity contribution in [3.8, 4) is 0 Å². The largest absolute Gasteiger partial charge is 0.358 e. The third-order valence-corrected chi connectivity index (χ3v) is 2.23. The van der Waals surface area contributed by atoms with Crippen LogP contribution in [0.25, 0.3) is 0 Å². The molecule has 1 rings (SSSR count). The summed E-state index contributed by atoms with van der Waals surface area (Å²) in [5.41, 5.74) is 0. The zero-order chi connectivity index (χ0) is 10.4. The van der Waals surface area contributed by atoms with Crippen LogP contribution in [-0.2, 0) is 4.79 Å². The number of amides is 1. The van der Waals surface area contributed by atoms with Gasteiger partial charge in [-0.25, -0.2) is 9.97 Å². The van der Waals surface area contributed by atoms with Crippen LogP contribution in [0, 0.1) is 0 Å². The Balaban J connectivity index is 2.47. The van der Waals surface area contributed by atoms with E-state index in [-0.39, 0.29) is 12.5 Å². The lowest BCUT2D eigenvalue weighted by molar-refractivity contribution is -0.118. The van der Waals surface area contributed by atoms with Crippen molar-refractivity contribution < 1.29 is 4.79 Å². The summed E-state index contributed by atoms with van der Waals surface area (Å²) < 4.78 is 0. The molecule has 0 unspecified atom stereocenters. The lowest BCUT2D eigenvalue weighted by Crippen LogP contribution is -2.26. The smallest absolute Gasteiger partial charge is 0.239 e. The van der Waals surface area contributed by atoms with Gasteiger partial charge in [0.05, 0.1) is 6.54 Å². The number of carbonyl (C=O) groups is 1. The first-order valence-corrected chi connectivity index (χ1v) is 5.29. The molecule has 0 saturated heterocycles. The molecular weight excluding hydrogens is 200 g/mol. The number of nitrogens with zero attached hydrogens (tertiary/aromatic N) is 2. The Morgan fingerprint density at radius 2 is 2.14 bits per heavy atom. The second-order valence-corrected chi connectivity index (χ2v) is 3.35. The van der Waals surface area contributed by atoms with E-state index in [4.69, 9.17) is 0 Å². The highest BCUT2D eigenvalue weighted by Crippen LogP contribution is 2.11. The van der Waals surface area contributed by atoms with Gasteiger partial charge in [0, 0.05) is 24.3 Å². The first-order valence-electron chi connectivity index (χ1n) is 4.06. The molecule has 0 aliphatic heterocycles. The van der Waals surface area contributed by atoms with Gasteiger partial charge in [0.1, 0.15) is 0 Å². The maximum Gasteiger partial charge on any atom is 0.239 e. The van der Waals surface area contributed by atoms with Crippen LogP contribution in [0.3, 0.4) is 0 Å². The predicted octanol–water partition coefficient (Wildman–Crippen LogP) is 0.356. The second-order valence-electron chi connectivity index (χ2n) is 2.47. The fraction of sp³-hybridized carbons (Fsp3) is 0.375. The minimum Gasteiger partial charge on any atom is -0.358 e. The average Bonchev–Trinajstić information content (AvgIpc) is 2.26.